The van der Waals surface area contributed by atoms with Crippen LogP contribution in [0.3, 0.4) is 0 Å². The van der Waals surface area contributed by atoms with Gasteiger partial charge in [0, 0.05) is 5.69 Å². The van der Waals surface area contributed by atoms with E-state index < -0.39 is 0 Å². The van der Waals surface area contributed by atoms with Gasteiger partial charge in [-0.1, -0.05) is 30.3 Å². The third kappa shape index (κ3) is 0.940. The van der Waals surface area contributed by atoms with E-state index in [2.05, 4.69) is 17.4 Å². The number of benzene rings is 2. The number of hydrogen-bond acceptors (Lipinski definition) is 1. The summed E-state index contributed by atoms with van der Waals surface area (Å²) in [5.74, 6) is 0.0938. The number of anilines is 1. The lowest BCUT2D eigenvalue weighted by Gasteiger charge is -2.02. The molecule has 3 rings (SSSR count). The second kappa shape index (κ2) is 2.58. The molecule has 2 nitrogen and oxygen atoms in total. The predicted molar refractivity (Wildman–Crippen MR) is 56.3 cm³/mol. The molecule has 1 aliphatic heterocycles. The van der Waals surface area contributed by atoms with Crippen molar-refractivity contribution in [2.75, 3.05) is 5.32 Å². The van der Waals surface area contributed by atoms with Crippen LogP contribution in [0.2, 0.25) is 0 Å². The molecular formula is C12H9NO. The van der Waals surface area contributed by atoms with Gasteiger partial charge in [0.25, 0.3) is 0 Å². The van der Waals surface area contributed by atoms with E-state index in [1.54, 1.807) is 0 Å². The summed E-state index contributed by atoms with van der Waals surface area (Å²) in [4.78, 5) is 11.2. The minimum atomic E-state index is 0.0938. The van der Waals surface area contributed by atoms with Crippen molar-refractivity contribution in [1.82, 2.24) is 0 Å². The average Bonchev–Trinajstić information content (AvgIpc) is 2.59. The van der Waals surface area contributed by atoms with Gasteiger partial charge in [0.1, 0.15) is 0 Å². The number of carbonyl (C=O) groups excluding carboxylic acids is 1. The first-order valence-corrected chi connectivity index (χ1v) is 4.65. The fraction of sp³-hybridized carbons (Fsp3) is 0.0833. The maximum absolute atomic E-state index is 11.2. The van der Waals surface area contributed by atoms with Crippen molar-refractivity contribution >= 4 is 22.4 Å². The zero-order valence-corrected chi connectivity index (χ0v) is 7.58. The Hall–Kier alpha value is -1.83. The van der Waals surface area contributed by atoms with Gasteiger partial charge < -0.3 is 5.32 Å². The number of nitrogens with one attached hydrogen (secondary N) is 1. The SMILES string of the molecule is O=C1Cc2c(ccc3ccccc23)N1. The normalized spacial score (nSPS) is 14.1. The molecule has 0 fully saturated rings. The summed E-state index contributed by atoms with van der Waals surface area (Å²) in [7, 11) is 0. The maximum atomic E-state index is 11.2. The van der Waals surface area contributed by atoms with E-state index in [1.807, 2.05) is 24.3 Å². The van der Waals surface area contributed by atoms with E-state index in [1.165, 1.54) is 10.8 Å². The first-order valence-electron chi connectivity index (χ1n) is 4.65. The van der Waals surface area contributed by atoms with Crippen LogP contribution in [0.1, 0.15) is 5.56 Å². The van der Waals surface area contributed by atoms with Gasteiger partial charge in [-0.2, -0.15) is 0 Å². The third-order valence-corrected chi connectivity index (χ3v) is 2.65. The van der Waals surface area contributed by atoms with Gasteiger partial charge in [-0.05, 0) is 22.4 Å². The predicted octanol–water partition coefficient (Wildman–Crippen LogP) is 2.33. The molecule has 0 aromatic heterocycles. The fourth-order valence-corrected chi connectivity index (χ4v) is 2.00. The number of hydrogen-bond donors (Lipinski definition) is 1. The molecule has 0 unspecified atom stereocenters. The maximum Gasteiger partial charge on any atom is 0.228 e. The summed E-state index contributed by atoms with van der Waals surface area (Å²) >= 11 is 0. The molecule has 0 saturated heterocycles. The summed E-state index contributed by atoms with van der Waals surface area (Å²) in [6.45, 7) is 0. The standard InChI is InChI=1S/C12H9NO/c14-12-7-10-9-4-2-1-3-8(9)5-6-11(10)13-12/h1-6H,7H2,(H,13,14). The lowest BCUT2D eigenvalue weighted by Crippen LogP contribution is -2.03. The minimum absolute atomic E-state index is 0.0938. The van der Waals surface area contributed by atoms with Crippen molar-refractivity contribution in [2.45, 2.75) is 6.42 Å². The van der Waals surface area contributed by atoms with Crippen molar-refractivity contribution < 1.29 is 4.79 Å². The van der Waals surface area contributed by atoms with Gasteiger partial charge in [-0.25, -0.2) is 0 Å². The van der Waals surface area contributed by atoms with Crippen LogP contribution in [0.5, 0.6) is 0 Å². The Kier molecular flexibility index (Phi) is 1.39. The molecule has 0 radical (unpaired) electrons. The lowest BCUT2D eigenvalue weighted by atomic mass is 10.0. The molecule has 1 N–H and O–H groups in total. The van der Waals surface area contributed by atoms with Crippen LogP contribution >= 0.6 is 0 Å². The second-order valence-corrected chi connectivity index (χ2v) is 3.54. The number of amides is 1. The Labute approximate surface area is 81.5 Å². The summed E-state index contributed by atoms with van der Waals surface area (Å²) in [6, 6.07) is 12.2. The van der Waals surface area contributed by atoms with Crippen LogP contribution in [0.25, 0.3) is 10.8 Å². The average molecular weight is 183 g/mol. The number of fused-ring (bicyclic) bond motifs is 3. The van der Waals surface area contributed by atoms with Crippen molar-refractivity contribution in [3.05, 3.63) is 42.0 Å². The molecular weight excluding hydrogens is 174 g/mol. The topological polar surface area (TPSA) is 29.1 Å². The Morgan fingerprint density at radius 2 is 1.93 bits per heavy atom. The van der Waals surface area contributed by atoms with E-state index in [4.69, 9.17) is 0 Å². The van der Waals surface area contributed by atoms with Crippen LogP contribution in [-0.4, -0.2) is 5.91 Å². The zero-order chi connectivity index (χ0) is 9.54. The summed E-state index contributed by atoms with van der Waals surface area (Å²) < 4.78 is 0. The van der Waals surface area contributed by atoms with E-state index in [9.17, 15) is 4.79 Å². The molecule has 1 aliphatic rings. The Morgan fingerprint density at radius 1 is 1.07 bits per heavy atom. The quantitative estimate of drug-likeness (QED) is 0.667. The molecule has 0 aliphatic carbocycles. The van der Waals surface area contributed by atoms with E-state index in [-0.39, 0.29) is 5.91 Å². The molecule has 1 heterocycles. The number of rotatable bonds is 0. The minimum Gasteiger partial charge on any atom is -0.326 e. The Bertz CT molecular complexity index is 531. The highest BCUT2D eigenvalue weighted by atomic mass is 16.1. The zero-order valence-electron chi connectivity index (χ0n) is 7.58. The van der Waals surface area contributed by atoms with Crippen molar-refractivity contribution in [1.29, 1.82) is 0 Å². The highest BCUT2D eigenvalue weighted by Crippen LogP contribution is 2.30. The van der Waals surface area contributed by atoms with E-state index >= 15 is 0 Å². The molecule has 0 spiro atoms. The van der Waals surface area contributed by atoms with Crippen LogP contribution in [0.4, 0.5) is 5.69 Å². The van der Waals surface area contributed by atoms with Crippen LogP contribution in [0, 0.1) is 0 Å². The van der Waals surface area contributed by atoms with Gasteiger partial charge in [-0.3, -0.25) is 4.79 Å². The highest BCUT2D eigenvalue weighted by Gasteiger charge is 2.18. The van der Waals surface area contributed by atoms with Crippen LogP contribution in [-0.2, 0) is 11.2 Å². The van der Waals surface area contributed by atoms with Gasteiger partial charge in [0.05, 0.1) is 6.42 Å². The third-order valence-electron chi connectivity index (χ3n) is 2.65. The first-order chi connectivity index (χ1) is 6.84. The first kappa shape index (κ1) is 7.56. The molecule has 68 valence electrons. The molecule has 2 heteroatoms. The summed E-state index contributed by atoms with van der Waals surface area (Å²) in [5.41, 5.74) is 2.10. The number of carbonyl (C=O) groups is 1. The molecule has 0 bridgehead atoms. The summed E-state index contributed by atoms with van der Waals surface area (Å²) in [6.07, 6.45) is 0.511. The lowest BCUT2D eigenvalue weighted by molar-refractivity contribution is -0.115. The van der Waals surface area contributed by atoms with E-state index in [0.717, 1.165) is 11.3 Å². The second-order valence-electron chi connectivity index (χ2n) is 3.54. The largest absolute Gasteiger partial charge is 0.326 e. The van der Waals surface area contributed by atoms with Gasteiger partial charge in [0.2, 0.25) is 5.91 Å². The van der Waals surface area contributed by atoms with Crippen LogP contribution < -0.4 is 5.32 Å². The molecule has 2 aromatic carbocycles. The van der Waals surface area contributed by atoms with Crippen molar-refractivity contribution in [3.8, 4) is 0 Å². The Balaban J connectivity index is 2.39. The van der Waals surface area contributed by atoms with E-state index in [0.29, 0.717) is 6.42 Å². The smallest absolute Gasteiger partial charge is 0.228 e. The molecule has 0 atom stereocenters. The van der Waals surface area contributed by atoms with Gasteiger partial charge >= 0.3 is 0 Å². The Morgan fingerprint density at radius 3 is 2.86 bits per heavy atom. The van der Waals surface area contributed by atoms with Crippen molar-refractivity contribution in [2.24, 2.45) is 0 Å². The van der Waals surface area contributed by atoms with Crippen molar-refractivity contribution in [3.63, 3.8) is 0 Å². The van der Waals surface area contributed by atoms with Gasteiger partial charge in [-0.15, -0.1) is 0 Å². The van der Waals surface area contributed by atoms with Gasteiger partial charge in [0.15, 0.2) is 0 Å². The molecule has 1 amide bonds. The fourth-order valence-electron chi connectivity index (χ4n) is 2.00. The molecule has 2 aromatic rings. The molecule has 14 heavy (non-hydrogen) atoms. The van der Waals surface area contributed by atoms with Crippen LogP contribution in [0.15, 0.2) is 36.4 Å². The monoisotopic (exact) mass is 183 g/mol. The highest BCUT2D eigenvalue weighted by molar-refractivity contribution is 6.05. The summed E-state index contributed by atoms with van der Waals surface area (Å²) in [5, 5.41) is 5.23. The molecule has 0 saturated carbocycles.